The summed E-state index contributed by atoms with van der Waals surface area (Å²) in [6, 6.07) is 10.1. The topological polar surface area (TPSA) is 21.7 Å². The number of rotatable bonds is 3. The molecule has 16 heavy (non-hydrogen) atoms. The molecule has 0 bridgehead atoms. The van der Waals surface area contributed by atoms with Gasteiger partial charge in [-0.1, -0.05) is 30.3 Å². The molecule has 0 saturated carbocycles. The van der Waals surface area contributed by atoms with Gasteiger partial charge in [-0.05, 0) is 11.8 Å². The van der Waals surface area contributed by atoms with Crippen LogP contribution >= 0.6 is 6.42 Å². The minimum Gasteiger partial charge on any atom is -0.379 e. The fraction of sp³-hybridized carbons (Fsp3) is 0.455. The predicted molar refractivity (Wildman–Crippen MR) is 69.8 cm³/mol. The Morgan fingerprint density at radius 2 is 1.88 bits per heavy atom. The van der Waals surface area contributed by atoms with E-state index in [1.165, 1.54) is 0 Å². The molecular weight excluding hydrogens is 241 g/mol. The third-order valence-corrected chi connectivity index (χ3v) is 7.05. The first-order valence-electron chi connectivity index (χ1n) is 5.32. The summed E-state index contributed by atoms with van der Waals surface area (Å²) in [5, 5.41) is 1.12. The normalized spacial score (nSPS) is 21.6. The molecule has 0 N–H and O–H groups in total. The van der Waals surface area contributed by atoms with Crippen molar-refractivity contribution in [3.63, 3.8) is 0 Å². The van der Waals surface area contributed by atoms with Crippen molar-refractivity contribution < 1.29 is 9.26 Å². The van der Waals surface area contributed by atoms with Gasteiger partial charge in [-0.15, -0.1) is 0 Å². The van der Waals surface area contributed by atoms with E-state index in [1.807, 2.05) is 18.2 Å². The molecule has 2 rings (SSSR count). The number of nitrogens with zero attached hydrogens (tertiary/aromatic N) is 1. The van der Waals surface area contributed by atoms with E-state index in [4.69, 9.17) is 21.1 Å². The van der Waals surface area contributed by atoms with Gasteiger partial charge in [-0.25, -0.2) is 4.67 Å². The van der Waals surface area contributed by atoms with Crippen molar-refractivity contribution in [2.45, 2.75) is 0 Å². The van der Waals surface area contributed by atoms with Gasteiger partial charge in [0.25, 0.3) is 0 Å². The molecule has 1 saturated heterocycles. The molecule has 0 aliphatic carbocycles. The molecule has 1 aliphatic heterocycles. The maximum Gasteiger partial charge on any atom is 0.161 e. The molecule has 0 spiro atoms. The number of morpholine rings is 1. The van der Waals surface area contributed by atoms with E-state index in [2.05, 4.69) is 16.8 Å². The summed E-state index contributed by atoms with van der Waals surface area (Å²) < 4.78 is 13.3. The molecule has 1 aromatic carbocycles. The van der Waals surface area contributed by atoms with E-state index < -0.39 is 6.42 Å². The number of ether oxygens (including phenoxy) is 1. The molecule has 1 fully saturated rings. The van der Waals surface area contributed by atoms with E-state index in [0.29, 0.717) is 0 Å². The van der Waals surface area contributed by atoms with Gasteiger partial charge in [0.05, 0.1) is 13.2 Å². The maximum atomic E-state index is 5.75. The zero-order chi connectivity index (χ0) is 11.4. The second kappa shape index (κ2) is 5.39. The second-order valence-corrected chi connectivity index (χ2v) is 7.58. The second-order valence-electron chi connectivity index (χ2n) is 3.60. The number of hydrogen-bond donors (Lipinski definition) is 0. The Morgan fingerprint density at radius 1 is 1.25 bits per heavy atom. The van der Waals surface area contributed by atoms with Crippen LogP contribution in [0.4, 0.5) is 0 Å². The van der Waals surface area contributed by atoms with Crippen LogP contribution in [0.15, 0.2) is 30.3 Å². The highest BCUT2D eigenvalue weighted by molar-refractivity contribution is 8.14. The van der Waals surface area contributed by atoms with Crippen LogP contribution in [0.25, 0.3) is 0 Å². The fourth-order valence-electron chi connectivity index (χ4n) is 1.82. The SMILES string of the molecule is COP(=S)(c1ccccc1)N1CCOCC1. The van der Waals surface area contributed by atoms with Crippen LogP contribution in [0.2, 0.25) is 0 Å². The standard InChI is InChI=1S/C11H16NO2PS/c1-13-15(16,11-5-3-2-4-6-11)12-7-9-14-10-8-12/h2-6H,7-10H2,1H3. The van der Waals surface area contributed by atoms with Gasteiger partial charge in [0.2, 0.25) is 0 Å². The smallest absolute Gasteiger partial charge is 0.161 e. The molecule has 1 aliphatic rings. The molecule has 5 heteroatoms. The van der Waals surface area contributed by atoms with Gasteiger partial charge in [0, 0.05) is 25.5 Å². The van der Waals surface area contributed by atoms with Crippen LogP contribution < -0.4 is 5.30 Å². The van der Waals surface area contributed by atoms with Gasteiger partial charge in [-0.2, -0.15) is 0 Å². The zero-order valence-electron chi connectivity index (χ0n) is 9.33. The average Bonchev–Trinajstić information content (AvgIpc) is 2.40. The Labute approximate surface area is 102 Å². The molecule has 0 radical (unpaired) electrons. The quantitative estimate of drug-likeness (QED) is 0.767. The minimum absolute atomic E-state index is 0.745. The number of hydrogen-bond acceptors (Lipinski definition) is 3. The highest BCUT2D eigenvalue weighted by Crippen LogP contribution is 2.49. The lowest BCUT2D eigenvalue weighted by Gasteiger charge is -2.36. The van der Waals surface area contributed by atoms with Crippen molar-refractivity contribution >= 4 is 23.5 Å². The van der Waals surface area contributed by atoms with E-state index in [9.17, 15) is 0 Å². The number of benzene rings is 1. The third-order valence-electron chi connectivity index (χ3n) is 2.69. The van der Waals surface area contributed by atoms with E-state index >= 15 is 0 Å². The molecule has 1 heterocycles. The van der Waals surface area contributed by atoms with Gasteiger partial charge in [0.15, 0.2) is 6.42 Å². The van der Waals surface area contributed by atoms with Gasteiger partial charge < -0.3 is 9.26 Å². The van der Waals surface area contributed by atoms with Gasteiger partial charge >= 0.3 is 0 Å². The van der Waals surface area contributed by atoms with Crippen molar-refractivity contribution in [3.05, 3.63) is 30.3 Å². The van der Waals surface area contributed by atoms with Crippen molar-refractivity contribution in [1.82, 2.24) is 4.67 Å². The molecule has 0 aromatic heterocycles. The Bertz CT molecular complexity index is 379. The predicted octanol–water partition coefficient (Wildman–Crippen LogP) is 1.60. The monoisotopic (exact) mass is 257 g/mol. The lowest BCUT2D eigenvalue weighted by molar-refractivity contribution is 0.0712. The lowest BCUT2D eigenvalue weighted by Crippen LogP contribution is -2.36. The molecule has 0 amide bonds. The van der Waals surface area contributed by atoms with E-state index in [1.54, 1.807) is 7.11 Å². The van der Waals surface area contributed by atoms with Crippen molar-refractivity contribution in [3.8, 4) is 0 Å². The molecule has 3 nitrogen and oxygen atoms in total. The minimum atomic E-state index is -2.04. The van der Waals surface area contributed by atoms with E-state index in [-0.39, 0.29) is 0 Å². The highest BCUT2D eigenvalue weighted by atomic mass is 32.4. The van der Waals surface area contributed by atoms with Crippen molar-refractivity contribution in [1.29, 1.82) is 0 Å². The average molecular weight is 257 g/mol. The van der Waals surface area contributed by atoms with Crippen molar-refractivity contribution in [2.75, 3.05) is 33.4 Å². The lowest BCUT2D eigenvalue weighted by atomic mass is 10.4. The molecule has 1 aromatic rings. The summed E-state index contributed by atoms with van der Waals surface area (Å²) in [5.41, 5.74) is 0. The summed E-state index contributed by atoms with van der Waals surface area (Å²) in [7, 11) is 1.71. The van der Waals surface area contributed by atoms with E-state index in [0.717, 1.165) is 31.6 Å². The Morgan fingerprint density at radius 3 is 2.44 bits per heavy atom. The third kappa shape index (κ3) is 2.36. The summed E-state index contributed by atoms with van der Waals surface area (Å²) in [5.74, 6) is 0. The summed E-state index contributed by atoms with van der Waals surface area (Å²) in [6.45, 7) is 3.21. The summed E-state index contributed by atoms with van der Waals surface area (Å²) in [6.07, 6.45) is -2.04. The molecular formula is C11H16NO2PS. The van der Waals surface area contributed by atoms with Crippen LogP contribution in [-0.2, 0) is 21.1 Å². The van der Waals surface area contributed by atoms with Crippen LogP contribution in [-0.4, -0.2) is 38.1 Å². The van der Waals surface area contributed by atoms with Crippen LogP contribution in [0.5, 0.6) is 0 Å². The molecule has 88 valence electrons. The first-order chi connectivity index (χ1) is 7.77. The fourth-order valence-corrected chi connectivity index (χ4v) is 4.68. The largest absolute Gasteiger partial charge is 0.379 e. The van der Waals surface area contributed by atoms with Gasteiger partial charge in [-0.3, -0.25) is 0 Å². The summed E-state index contributed by atoms with van der Waals surface area (Å²) in [4.78, 5) is 0. The first-order valence-corrected chi connectivity index (χ1v) is 7.99. The maximum absolute atomic E-state index is 5.75. The molecule has 1 atom stereocenters. The molecule has 1 unspecified atom stereocenters. The van der Waals surface area contributed by atoms with Crippen LogP contribution in [0, 0.1) is 0 Å². The zero-order valence-corrected chi connectivity index (χ0v) is 11.0. The Balaban J connectivity index is 2.28. The van der Waals surface area contributed by atoms with Crippen LogP contribution in [0.1, 0.15) is 0 Å². The Hall–Kier alpha value is -0.250. The summed E-state index contributed by atoms with van der Waals surface area (Å²) >= 11 is 5.75. The highest BCUT2D eigenvalue weighted by Gasteiger charge is 2.29. The Kier molecular flexibility index (Phi) is 4.11. The first kappa shape index (κ1) is 12.2. The van der Waals surface area contributed by atoms with Crippen LogP contribution in [0.3, 0.4) is 0 Å². The van der Waals surface area contributed by atoms with Gasteiger partial charge in [0.1, 0.15) is 0 Å². The van der Waals surface area contributed by atoms with Crippen molar-refractivity contribution in [2.24, 2.45) is 0 Å².